The van der Waals surface area contributed by atoms with Gasteiger partial charge >= 0.3 is 5.97 Å². The number of aliphatic hydroxyl groups is 2. The van der Waals surface area contributed by atoms with Gasteiger partial charge in [0.2, 0.25) is 0 Å². The number of ether oxygens (including phenoxy) is 3. The first kappa shape index (κ1) is 15.7. The van der Waals surface area contributed by atoms with E-state index in [0.29, 0.717) is 5.56 Å². The van der Waals surface area contributed by atoms with Gasteiger partial charge in [-0.15, -0.1) is 0 Å². The van der Waals surface area contributed by atoms with Crippen molar-refractivity contribution in [3.8, 4) is 0 Å². The molecule has 1 aliphatic heterocycles. The predicted molar refractivity (Wildman–Crippen MR) is 73.2 cm³/mol. The summed E-state index contributed by atoms with van der Waals surface area (Å²) in [7, 11) is 1.46. The van der Waals surface area contributed by atoms with Crippen molar-refractivity contribution in [3.63, 3.8) is 0 Å². The third-order valence-corrected chi connectivity index (χ3v) is 3.18. The maximum atomic E-state index is 11.4. The van der Waals surface area contributed by atoms with Gasteiger partial charge in [-0.05, 0) is 11.6 Å². The number of hydrogen-bond acceptors (Lipinski definition) is 6. The van der Waals surface area contributed by atoms with Crippen molar-refractivity contribution >= 4 is 5.97 Å². The zero-order valence-corrected chi connectivity index (χ0v) is 11.6. The number of carbonyl (C=O) groups excluding carboxylic acids is 1. The highest BCUT2D eigenvalue weighted by atomic mass is 16.7. The SMILES string of the molecule is COCO[C@H]1C=CC(=O)O[C@H]1[C@H](O)[C@@H](O)c1ccccc1. The lowest BCUT2D eigenvalue weighted by Crippen LogP contribution is -2.46. The summed E-state index contributed by atoms with van der Waals surface area (Å²) in [6.45, 7) is -0.0167. The van der Waals surface area contributed by atoms with Crippen molar-refractivity contribution in [2.75, 3.05) is 13.9 Å². The van der Waals surface area contributed by atoms with E-state index in [1.807, 2.05) is 0 Å². The fourth-order valence-corrected chi connectivity index (χ4v) is 2.11. The van der Waals surface area contributed by atoms with E-state index in [9.17, 15) is 15.0 Å². The molecule has 1 heterocycles. The molecule has 1 aliphatic rings. The van der Waals surface area contributed by atoms with Gasteiger partial charge in [-0.3, -0.25) is 0 Å². The second-order valence-electron chi connectivity index (χ2n) is 4.64. The van der Waals surface area contributed by atoms with E-state index < -0.39 is 30.4 Å². The molecule has 21 heavy (non-hydrogen) atoms. The molecule has 0 aromatic heterocycles. The van der Waals surface area contributed by atoms with Crippen LogP contribution in [0.3, 0.4) is 0 Å². The fraction of sp³-hybridized carbons (Fsp3) is 0.400. The minimum Gasteiger partial charge on any atom is -0.453 e. The number of esters is 1. The van der Waals surface area contributed by atoms with E-state index in [1.54, 1.807) is 30.3 Å². The van der Waals surface area contributed by atoms with Gasteiger partial charge in [0.1, 0.15) is 25.1 Å². The average Bonchev–Trinajstić information content (AvgIpc) is 2.53. The van der Waals surface area contributed by atoms with Gasteiger partial charge in [0.05, 0.1) is 0 Å². The highest BCUT2D eigenvalue weighted by Gasteiger charge is 2.38. The summed E-state index contributed by atoms with van der Waals surface area (Å²) in [6, 6.07) is 8.66. The summed E-state index contributed by atoms with van der Waals surface area (Å²) in [4.78, 5) is 11.4. The summed E-state index contributed by atoms with van der Waals surface area (Å²) in [5, 5.41) is 20.5. The van der Waals surface area contributed by atoms with Crippen molar-refractivity contribution in [1.29, 1.82) is 0 Å². The molecule has 4 atom stereocenters. The number of aliphatic hydroxyl groups excluding tert-OH is 2. The molecule has 2 rings (SSSR count). The molecule has 0 unspecified atom stereocenters. The number of carbonyl (C=O) groups is 1. The molecule has 114 valence electrons. The largest absolute Gasteiger partial charge is 0.453 e. The molecule has 0 spiro atoms. The minimum absolute atomic E-state index is 0.0167. The van der Waals surface area contributed by atoms with E-state index in [1.165, 1.54) is 19.3 Å². The Hall–Kier alpha value is -1.73. The van der Waals surface area contributed by atoms with Crippen LogP contribution in [0.1, 0.15) is 11.7 Å². The molecule has 0 amide bonds. The second kappa shape index (κ2) is 7.33. The molecule has 0 saturated heterocycles. The van der Waals surface area contributed by atoms with Gasteiger partial charge in [-0.2, -0.15) is 0 Å². The third kappa shape index (κ3) is 3.89. The van der Waals surface area contributed by atoms with E-state index in [-0.39, 0.29) is 6.79 Å². The monoisotopic (exact) mass is 294 g/mol. The first-order chi connectivity index (χ1) is 10.1. The Labute approximate surface area is 122 Å². The van der Waals surface area contributed by atoms with Crippen LogP contribution >= 0.6 is 0 Å². The maximum absolute atomic E-state index is 11.4. The van der Waals surface area contributed by atoms with Gasteiger partial charge in [-0.1, -0.05) is 30.3 Å². The van der Waals surface area contributed by atoms with Crippen LogP contribution in [0, 0.1) is 0 Å². The van der Waals surface area contributed by atoms with E-state index in [0.717, 1.165) is 0 Å². The Bertz CT molecular complexity index is 486. The van der Waals surface area contributed by atoms with Crippen LogP contribution < -0.4 is 0 Å². The van der Waals surface area contributed by atoms with Crippen molar-refractivity contribution in [1.82, 2.24) is 0 Å². The number of cyclic esters (lactones) is 1. The lowest BCUT2D eigenvalue weighted by Gasteiger charge is -2.33. The molecule has 0 saturated carbocycles. The molecule has 1 aromatic rings. The Morgan fingerprint density at radius 3 is 2.67 bits per heavy atom. The summed E-state index contributed by atoms with van der Waals surface area (Å²) in [5.41, 5.74) is 0.529. The highest BCUT2D eigenvalue weighted by Crippen LogP contribution is 2.25. The van der Waals surface area contributed by atoms with Crippen LogP contribution in [0.4, 0.5) is 0 Å². The van der Waals surface area contributed by atoms with Gasteiger partial charge < -0.3 is 24.4 Å². The number of benzene rings is 1. The summed E-state index contributed by atoms with van der Waals surface area (Å²) in [6.07, 6.45) is -1.49. The molecule has 0 fully saturated rings. The first-order valence-corrected chi connectivity index (χ1v) is 6.54. The van der Waals surface area contributed by atoms with Gasteiger partial charge in [-0.25, -0.2) is 4.79 Å². The maximum Gasteiger partial charge on any atom is 0.330 e. The molecule has 0 aliphatic carbocycles. The van der Waals surface area contributed by atoms with Crippen molar-refractivity contribution in [2.24, 2.45) is 0 Å². The Balaban J connectivity index is 2.12. The molecule has 2 N–H and O–H groups in total. The second-order valence-corrected chi connectivity index (χ2v) is 4.64. The van der Waals surface area contributed by atoms with Crippen LogP contribution in [-0.2, 0) is 19.0 Å². The number of methoxy groups -OCH3 is 1. The smallest absolute Gasteiger partial charge is 0.330 e. The third-order valence-electron chi connectivity index (χ3n) is 3.18. The molecule has 6 heteroatoms. The summed E-state index contributed by atoms with van der Waals surface area (Å²) >= 11 is 0. The quantitative estimate of drug-likeness (QED) is 0.589. The topological polar surface area (TPSA) is 85.2 Å². The zero-order valence-electron chi connectivity index (χ0n) is 11.6. The lowest BCUT2D eigenvalue weighted by molar-refractivity contribution is -0.180. The van der Waals surface area contributed by atoms with E-state index in [2.05, 4.69) is 0 Å². The Morgan fingerprint density at radius 2 is 2.00 bits per heavy atom. The average molecular weight is 294 g/mol. The molecular formula is C15H18O6. The van der Waals surface area contributed by atoms with Crippen LogP contribution in [0.2, 0.25) is 0 Å². The summed E-state index contributed by atoms with van der Waals surface area (Å²) in [5.74, 6) is -0.587. The molecule has 0 radical (unpaired) electrons. The first-order valence-electron chi connectivity index (χ1n) is 6.54. The Morgan fingerprint density at radius 1 is 1.29 bits per heavy atom. The van der Waals surface area contributed by atoms with Crippen molar-refractivity contribution < 1.29 is 29.2 Å². The molecule has 0 bridgehead atoms. The van der Waals surface area contributed by atoms with Gasteiger partial charge in [0.25, 0.3) is 0 Å². The van der Waals surface area contributed by atoms with Crippen LogP contribution in [0.5, 0.6) is 0 Å². The zero-order chi connectivity index (χ0) is 15.2. The Kier molecular flexibility index (Phi) is 5.46. The predicted octanol–water partition coefficient (Wildman–Crippen LogP) is 0.552. The van der Waals surface area contributed by atoms with E-state index in [4.69, 9.17) is 14.2 Å². The van der Waals surface area contributed by atoms with Crippen LogP contribution in [0.15, 0.2) is 42.5 Å². The van der Waals surface area contributed by atoms with E-state index >= 15 is 0 Å². The lowest BCUT2D eigenvalue weighted by atomic mass is 9.96. The molecule has 1 aromatic carbocycles. The van der Waals surface area contributed by atoms with Crippen molar-refractivity contribution in [2.45, 2.75) is 24.4 Å². The number of hydrogen-bond donors (Lipinski definition) is 2. The minimum atomic E-state index is -1.32. The highest BCUT2D eigenvalue weighted by molar-refractivity contribution is 5.83. The van der Waals surface area contributed by atoms with Crippen molar-refractivity contribution in [3.05, 3.63) is 48.0 Å². The fourth-order valence-electron chi connectivity index (χ4n) is 2.11. The normalized spacial score (nSPS) is 24.4. The number of rotatable bonds is 6. The standard InChI is InChI=1S/C15H18O6/c1-19-9-20-11-7-8-12(16)21-15(11)14(18)13(17)10-5-3-2-4-6-10/h2-8,11,13-15,17-18H,9H2,1H3/t11-,13-,14+,15+/m0/s1. The van der Waals surface area contributed by atoms with Gasteiger partial charge in [0, 0.05) is 13.2 Å². The molecular weight excluding hydrogens is 276 g/mol. The summed E-state index contributed by atoms with van der Waals surface area (Å²) < 4.78 is 15.2. The van der Waals surface area contributed by atoms with Crippen LogP contribution in [0.25, 0.3) is 0 Å². The molecule has 6 nitrogen and oxygen atoms in total. The van der Waals surface area contributed by atoms with Gasteiger partial charge in [0.15, 0.2) is 6.10 Å². The van der Waals surface area contributed by atoms with Crippen LogP contribution in [-0.4, -0.2) is 48.4 Å².